The van der Waals surface area contributed by atoms with Crippen molar-refractivity contribution in [2.45, 2.75) is 45.1 Å². The lowest BCUT2D eigenvalue weighted by Gasteiger charge is -2.33. The van der Waals surface area contributed by atoms with E-state index in [1.165, 1.54) is 48.7 Å². The topological polar surface area (TPSA) is 106 Å². The highest BCUT2D eigenvalue weighted by molar-refractivity contribution is 6.01. The summed E-state index contributed by atoms with van der Waals surface area (Å²) < 4.78 is 61.8. The van der Waals surface area contributed by atoms with Gasteiger partial charge in [0.15, 0.2) is 6.04 Å². The second-order valence-corrected chi connectivity index (χ2v) is 9.56. The number of amides is 2. The van der Waals surface area contributed by atoms with Crippen LogP contribution < -0.4 is 10.2 Å². The number of carbonyl (C=O) groups excluding carboxylic acids is 2. The van der Waals surface area contributed by atoms with E-state index in [0.29, 0.717) is 4.90 Å². The van der Waals surface area contributed by atoms with Gasteiger partial charge < -0.3 is 9.73 Å². The van der Waals surface area contributed by atoms with Crippen molar-refractivity contribution in [1.82, 2.24) is 25.5 Å². The molecule has 0 saturated heterocycles. The summed E-state index contributed by atoms with van der Waals surface area (Å²) in [7, 11) is 0. The van der Waals surface area contributed by atoms with Crippen LogP contribution in [0.5, 0.6) is 0 Å². The maximum Gasteiger partial charge on any atom is 0.418 e. The maximum absolute atomic E-state index is 14.2. The first-order valence-electron chi connectivity index (χ1n) is 11.7. The number of rotatable bonds is 7. The number of anilines is 1. The standard InChI is InChI=1S/C26H24F4N6O3/c1-25(2,3)31-24(38)22(20-13-8-14-39-20)36(19-12-7-5-10-17(19)26(28,29)30)21(37)15-35-33-23(32-34-35)16-9-4-6-11-18(16)27/h4-14,22H,15H2,1-3H3,(H,31,38). The van der Waals surface area contributed by atoms with Gasteiger partial charge in [0.1, 0.15) is 18.1 Å². The second kappa shape index (κ2) is 10.7. The molecule has 2 amide bonds. The number of nitrogens with zero attached hydrogens (tertiary/aromatic N) is 5. The molecule has 204 valence electrons. The van der Waals surface area contributed by atoms with E-state index in [1.807, 2.05) is 0 Å². The number of aromatic nitrogens is 4. The molecule has 39 heavy (non-hydrogen) atoms. The van der Waals surface area contributed by atoms with Crippen LogP contribution in [-0.2, 0) is 22.3 Å². The number of para-hydroxylation sites is 1. The molecular formula is C26H24F4N6O3. The number of tetrazole rings is 1. The summed E-state index contributed by atoms with van der Waals surface area (Å²) in [5.41, 5.74) is -2.48. The number of nitrogens with one attached hydrogen (secondary N) is 1. The van der Waals surface area contributed by atoms with Crippen molar-refractivity contribution in [3.63, 3.8) is 0 Å². The molecule has 13 heteroatoms. The van der Waals surface area contributed by atoms with Crippen molar-refractivity contribution in [2.75, 3.05) is 4.90 Å². The average Bonchev–Trinajstić information content (AvgIpc) is 3.53. The molecule has 2 aromatic heterocycles. The Bertz CT molecular complexity index is 1460. The predicted molar refractivity (Wildman–Crippen MR) is 131 cm³/mol. The highest BCUT2D eigenvalue weighted by Crippen LogP contribution is 2.40. The van der Waals surface area contributed by atoms with E-state index in [0.717, 1.165) is 16.9 Å². The van der Waals surface area contributed by atoms with Crippen LogP contribution in [0.15, 0.2) is 71.3 Å². The summed E-state index contributed by atoms with van der Waals surface area (Å²) in [6.07, 6.45) is -3.61. The van der Waals surface area contributed by atoms with E-state index in [-0.39, 0.29) is 17.1 Å². The molecule has 1 N–H and O–H groups in total. The number of halogens is 4. The third-order valence-electron chi connectivity index (χ3n) is 5.40. The van der Waals surface area contributed by atoms with Crippen molar-refractivity contribution in [3.8, 4) is 11.4 Å². The first-order chi connectivity index (χ1) is 18.3. The smallest absolute Gasteiger partial charge is 0.418 e. The van der Waals surface area contributed by atoms with E-state index in [4.69, 9.17) is 4.42 Å². The lowest BCUT2D eigenvalue weighted by atomic mass is 10.0. The van der Waals surface area contributed by atoms with Crippen LogP contribution >= 0.6 is 0 Å². The number of alkyl halides is 3. The molecule has 0 bridgehead atoms. The molecule has 4 rings (SSSR count). The minimum atomic E-state index is -4.85. The Hall–Kier alpha value is -4.55. The van der Waals surface area contributed by atoms with Gasteiger partial charge in [0.05, 0.1) is 23.1 Å². The molecule has 0 spiro atoms. The van der Waals surface area contributed by atoms with Crippen LogP contribution in [0.4, 0.5) is 23.2 Å². The Kier molecular flexibility index (Phi) is 7.52. The van der Waals surface area contributed by atoms with Crippen molar-refractivity contribution in [1.29, 1.82) is 0 Å². The summed E-state index contributed by atoms with van der Waals surface area (Å²) in [5, 5.41) is 14.2. The monoisotopic (exact) mass is 544 g/mol. The van der Waals surface area contributed by atoms with E-state index < -0.39 is 53.2 Å². The Morgan fingerprint density at radius 2 is 1.72 bits per heavy atom. The lowest BCUT2D eigenvalue weighted by molar-refractivity contribution is -0.137. The first kappa shape index (κ1) is 27.5. The molecule has 1 unspecified atom stereocenters. The number of carbonyl (C=O) groups is 2. The van der Waals surface area contributed by atoms with Crippen molar-refractivity contribution >= 4 is 17.5 Å². The number of hydrogen-bond donors (Lipinski definition) is 1. The van der Waals surface area contributed by atoms with Crippen molar-refractivity contribution in [3.05, 3.63) is 84.1 Å². The fourth-order valence-corrected chi connectivity index (χ4v) is 3.86. The molecule has 9 nitrogen and oxygen atoms in total. The van der Waals surface area contributed by atoms with Gasteiger partial charge in [-0.1, -0.05) is 24.3 Å². The molecular weight excluding hydrogens is 520 g/mol. The first-order valence-corrected chi connectivity index (χ1v) is 11.7. The molecule has 0 radical (unpaired) electrons. The van der Waals surface area contributed by atoms with Gasteiger partial charge >= 0.3 is 6.18 Å². The molecule has 2 heterocycles. The van der Waals surface area contributed by atoms with Gasteiger partial charge in [-0.2, -0.15) is 18.0 Å². The average molecular weight is 545 g/mol. The van der Waals surface area contributed by atoms with E-state index in [1.54, 1.807) is 26.8 Å². The minimum Gasteiger partial charge on any atom is -0.467 e. The van der Waals surface area contributed by atoms with Crippen LogP contribution in [0.3, 0.4) is 0 Å². The second-order valence-electron chi connectivity index (χ2n) is 9.56. The minimum absolute atomic E-state index is 0.0217. The zero-order chi connectivity index (χ0) is 28.4. The van der Waals surface area contributed by atoms with Gasteiger partial charge in [0.2, 0.25) is 5.82 Å². The number of furan rings is 1. The molecule has 4 aromatic rings. The molecule has 0 aliphatic carbocycles. The van der Waals surface area contributed by atoms with Crippen LogP contribution in [0.1, 0.15) is 38.1 Å². The molecule has 0 aliphatic rings. The summed E-state index contributed by atoms with van der Waals surface area (Å²) in [6, 6.07) is 11.2. The Morgan fingerprint density at radius 3 is 2.36 bits per heavy atom. The molecule has 2 aromatic carbocycles. The van der Waals surface area contributed by atoms with Gasteiger partial charge in [-0.05, 0) is 62.4 Å². The molecule has 0 fully saturated rings. The SMILES string of the molecule is CC(C)(C)NC(=O)C(c1ccco1)N(C(=O)Cn1nnc(-c2ccccc2F)n1)c1ccccc1C(F)(F)F. The fraction of sp³-hybridized carbons (Fsp3) is 0.269. The zero-order valence-corrected chi connectivity index (χ0v) is 21.1. The summed E-state index contributed by atoms with van der Waals surface area (Å²) in [4.78, 5) is 28.7. The zero-order valence-electron chi connectivity index (χ0n) is 21.1. The summed E-state index contributed by atoms with van der Waals surface area (Å²) >= 11 is 0. The van der Waals surface area contributed by atoms with Crippen LogP contribution in [0.2, 0.25) is 0 Å². The van der Waals surface area contributed by atoms with Crippen LogP contribution in [0, 0.1) is 5.82 Å². The third kappa shape index (κ3) is 6.30. The van der Waals surface area contributed by atoms with Crippen LogP contribution in [-0.4, -0.2) is 37.6 Å². The Labute approximate surface area is 220 Å². The highest BCUT2D eigenvalue weighted by Gasteiger charge is 2.42. The van der Waals surface area contributed by atoms with Gasteiger partial charge in [-0.3, -0.25) is 14.5 Å². The van der Waals surface area contributed by atoms with E-state index in [2.05, 4.69) is 20.7 Å². The van der Waals surface area contributed by atoms with Gasteiger partial charge in [0, 0.05) is 5.54 Å². The maximum atomic E-state index is 14.2. The summed E-state index contributed by atoms with van der Waals surface area (Å²) in [5.74, 6) is -2.58. The summed E-state index contributed by atoms with van der Waals surface area (Å²) in [6.45, 7) is 4.34. The normalized spacial score (nSPS) is 12.7. The highest BCUT2D eigenvalue weighted by atomic mass is 19.4. The van der Waals surface area contributed by atoms with Gasteiger partial charge in [-0.25, -0.2) is 4.39 Å². The molecule has 1 atom stereocenters. The number of benzene rings is 2. The lowest BCUT2D eigenvalue weighted by Crippen LogP contribution is -2.50. The van der Waals surface area contributed by atoms with Crippen LogP contribution in [0.25, 0.3) is 11.4 Å². The fourth-order valence-electron chi connectivity index (χ4n) is 3.86. The Morgan fingerprint density at radius 1 is 1.03 bits per heavy atom. The van der Waals surface area contributed by atoms with E-state index >= 15 is 0 Å². The quantitative estimate of drug-likeness (QED) is 0.336. The molecule has 0 aliphatic heterocycles. The van der Waals surface area contributed by atoms with E-state index in [9.17, 15) is 27.2 Å². The number of hydrogen-bond acceptors (Lipinski definition) is 6. The third-order valence-corrected chi connectivity index (χ3v) is 5.40. The molecule has 0 saturated carbocycles. The van der Waals surface area contributed by atoms with Crippen molar-refractivity contribution in [2.24, 2.45) is 0 Å². The largest absolute Gasteiger partial charge is 0.467 e. The Balaban J connectivity index is 1.80. The van der Waals surface area contributed by atoms with Gasteiger partial charge in [0.25, 0.3) is 11.8 Å². The van der Waals surface area contributed by atoms with Crippen molar-refractivity contribution < 1.29 is 31.6 Å². The predicted octanol–water partition coefficient (Wildman–Crippen LogP) is 4.78. The van der Waals surface area contributed by atoms with Gasteiger partial charge in [-0.15, -0.1) is 10.2 Å².